The molecular formula is C15H23N5O3. The van der Waals surface area contributed by atoms with Crippen LogP contribution in [0.2, 0.25) is 0 Å². The van der Waals surface area contributed by atoms with Crippen molar-refractivity contribution in [3.8, 4) is 0 Å². The van der Waals surface area contributed by atoms with E-state index in [0.717, 1.165) is 26.2 Å². The zero-order chi connectivity index (χ0) is 17.0. The molecule has 2 heterocycles. The molecule has 1 aliphatic heterocycles. The van der Waals surface area contributed by atoms with Crippen LogP contribution in [-0.4, -0.2) is 70.1 Å². The summed E-state index contributed by atoms with van der Waals surface area (Å²) >= 11 is 0. The Balaban J connectivity index is 1.84. The van der Waals surface area contributed by atoms with Gasteiger partial charge < -0.3 is 15.3 Å². The van der Waals surface area contributed by atoms with Crippen molar-refractivity contribution < 1.29 is 14.7 Å². The summed E-state index contributed by atoms with van der Waals surface area (Å²) < 4.78 is 0. The highest BCUT2D eigenvalue weighted by molar-refractivity contribution is 5.84. The minimum atomic E-state index is -1.08. The van der Waals surface area contributed by atoms with E-state index >= 15 is 0 Å². The van der Waals surface area contributed by atoms with E-state index in [1.54, 1.807) is 0 Å². The molecule has 8 nitrogen and oxygen atoms in total. The first-order valence-electron chi connectivity index (χ1n) is 7.58. The summed E-state index contributed by atoms with van der Waals surface area (Å²) in [4.78, 5) is 34.9. The number of hydrogen-bond acceptors (Lipinski definition) is 6. The summed E-state index contributed by atoms with van der Waals surface area (Å²) in [6.07, 6.45) is 2.74. The molecule has 0 unspecified atom stereocenters. The second-order valence-electron chi connectivity index (χ2n) is 6.63. The maximum Gasteiger partial charge on any atom is 0.356 e. The molecule has 2 rings (SSSR count). The van der Waals surface area contributed by atoms with Gasteiger partial charge in [0.15, 0.2) is 5.69 Å². The minimum absolute atomic E-state index is 0.0246. The average molecular weight is 321 g/mol. The fourth-order valence-electron chi connectivity index (χ4n) is 2.39. The number of hydrogen-bond donors (Lipinski definition) is 2. The molecule has 1 aromatic heterocycles. The Hall–Kier alpha value is -2.22. The molecule has 0 bridgehead atoms. The van der Waals surface area contributed by atoms with E-state index in [0.29, 0.717) is 12.4 Å². The van der Waals surface area contributed by atoms with Crippen LogP contribution < -0.4 is 10.2 Å². The van der Waals surface area contributed by atoms with Crippen LogP contribution in [0, 0.1) is 0 Å². The van der Waals surface area contributed by atoms with Crippen molar-refractivity contribution in [2.75, 3.05) is 37.6 Å². The highest BCUT2D eigenvalue weighted by Crippen LogP contribution is 2.12. The smallest absolute Gasteiger partial charge is 0.356 e. The van der Waals surface area contributed by atoms with E-state index in [1.807, 2.05) is 25.7 Å². The molecule has 0 spiro atoms. The van der Waals surface area contributed by atoms with Crippen LogP contribution >= 0.6 is 0 Å². The van der Waals surface area contributed by atoms with E-state index in [1.165, 1.54) is 12.4 Å². The lowest BCUT2D eigenvalue weighted by Crippen LogP contribution is -2.52. The summed E-state index contributed by atoms with van der Waals surface area (Å²) in [5, 5.41) is 11.8. The Labute approximate surface area is 135 Å². The number of piperazine rings is 1. The minimum Gasteiger partial charge on any atom is -0.476 e. The Morgan fingerprint density at radius 2 is 1.83 bits per heavy atom. The molecule has 1 aromatic rings. The number of nitrogens with zero attached hydrogens (tertiary/aromatic N) is 4. The van der Waals surface area contributed by atoms with Crippen molar-refractivity contribution in [1.82, 2.24) is 20.2 Å². The van der Waals surface area contributed by atoms with Crippen LogP contribution in [0.1, 0.15) is 31.3 Å². The molecule has 1 fully saturated rings. The molecule has 8 heteroatoms. The van der Waals surface area contributed by atoms with Crippen LogP contribution in [0.25, 0.3) is 0 Å². The van der Waals surface area contributed by atoms with Crippen molar-refractivity contribution in [2.24, 2.45) is 0 Å². The molecule has 0 radical (unpaired) electrons. The lowest BCUT2D eigenvalue weighted by Gasteiger charge is -2.35. The van der Waals surface area contributed by atoms with E-state index in [-0.39, 0.29) is 17.1 Å². The van der Waals surface area contributed by atoms with Gasteiger partial charge in [-0.1, -0.05) is 0 Å². The van der Waals surface area contributed by atoms with Crippen LogP contribution in [0.3, 0.4) is 0 Å². The Bertz CT molecular complexity index is 559. The molecule has 126 valence electrons. The zero-order valence-electron chi connectivity index (χ0n) is 13.7. The highest BCUT2D eigenvalue weighted by atomic mass is 16.4. The van der Waals surface area contributed by atoms with Crippen molar-refractivity contribution in [2.45, 2.75) is 26.3 Å². The van der Waals surface area contributed by atoms with Crippen molar-refractivity contribution in [1.29, 1.82) is 0 Å². The summed E-state index contributed by atoms with van der Waals surface area (Å²) in [5.74, 6) is -0.399. The number of carbonyl (C=O) groups is 2. The summed E-state index contributed by atoms with van der Waals surface area (Å²) in [5.41, 5.74) is -0.286. The van der Waals surface area contributed by atoms with Gasteiger partial charge in [0.2, 0.25) is 5.91 Å². The first kappa shape index (κ1) is 17.1. The molecule has 1 aliphatic rings. The maximum absolute atomic E-state index is 11.9. The normalized spacial score (nSPS) is 16.2. The van der Waals surface area contributed by atoms with Gasteiger partial charge in [0, 0.05) is 31.7 Å². The molecule has 1 saturated heterocycles. The van der Waals surface area contributed by atoms with E-state index in [2.05, 4.69) is 20.2 Å². The molecule has 23 heavy (non-hydrogen) atoms. The number of carbonyl (C=O) groups excluding carboxylic acids is 1. The van der Waals surface area contributed by atoms with Gasteiger partial charge in [-0.25, -0.2) is 14.8 Å². The van der Waals surface area contributed by atoms with Crippen molar-refractivity contribution in [3.63, 3.8) is 0 Å². The van der Waals surface area contributed by atoms with Crippen molar-refractivity contribution in [3.05, 3.63) is 18.1 Å². The standard InChI is InChI=1S/C15H23N5O3/c1-15(2,3)18-13(21)10-19-4-6-20(7-5-19)12-9-16-11(8-17-12)14(22)23/h8-9H,4-7,10H2,1-3H3,(H,18,21)(H,22,23). The van der Waals surface area contributed by atoms with Gasteiger partial charge >= 0.3 is 5.97 Å². The number of aromatic nitrogens is 2. The largest absolute Gasteiger partial charge is 0.476 e. The van der Waals surface area contributed by atoms with Crippen molar-refractivity contribution >= 4 is 17.7 Å². The predicted molar refractivity (Wildman–Crippen MR) is 85.5 cm³/mol. The predicted octanol–water partition coefficient (Wildman–Crippen LogP) is 0.212. The van der Waals surface area contributed by atoms with Gasteiger partial charge in [0.05, 0.1) is 18.9 Å². The van der Waals surface area contributed by atoms with Gasteiger partial charge in [0.25, 0.3) is 0 Å². The number of rotatable bonds is 4. The van der Waals surface area contributed by atoms with Gasteiger partial charge in [-0.15, -0.1) is 0 Å². The first-order chi connectivity index (χ1) is 10.7. The second kappa shape index (κ2) is 6.91. The van der Waals surface area contributed by atoms with Gasteiger partial charge in [-0.3, -0.25) is 9.69 Å². The Morgan fingerprint density at radius 3 is 2.30 bits per heavy atom. The van der Waals surface area contributed by atoms with Crippen LogP contribution in [-0.2, 0) is 4.79 Å². The van der Waals surface area contributed by atoms with Gasteiger partial charge in [0.1, 0.15) is 5.82 Å². The topological polar surface area (TPSA) is 98.7 Å². The molecule has 0 aromatic carbocycles. The third-order valence-corrected chi connectivity index (χ3v) is 3.44. The highest BCUT2D eigenvalue weighted by Gasteiger charge is 2.22. The second-order valence-corrected chi connectivity index (χ2v) is 6.63. The summed E-state index contributed by atoms with van der Waals surface area (Å²) in [7, 11) is 0. The first-order valence-corrected chi connectivity index (χ1v) is 7.58. The number of carboxylic acid groups (broad SMARTS) is 1. The average Bonchev–Trinajstić information content (AvgIpc) is 2.46. The fraction of sp³-hybridized carbons (Fsp3) is 0.600. The summed E-state index contributed by atoms with van der Waals surface area (Å²) in [6, 6.07) is 0. The van der Waals surface area contributed by atoms with Gasteiger partial charge in [-0.2, -0.15) is 0 Å². The number of carboxylic acids is 1. The van der Waals surface area contributed by atoms with E-state index in [9.17, 15) is 9.59 Å². The Kier molecular flexibility index (Phi) is 5.15. The molecule has 0 saturated carbocycles. The number of amides is 1. The molecular weight excluding hydrogens is 298 g/mol. The fourth-order valence-corrected chi connectivity index (χ4v) is 2.39. The third-order valence-electron chi connectivity index (χ3n) is 3.44. The van der Waals surface area contributed by atoms with Crippen LogP contribution in [0.4, 0.5) is 5.82 Å². The van der Waals surface area contributed by atoms with Gasteiger partial charge in [-0.05, 0) is 20.8 Å². The van der Waals surface area contributed by atoms with Crippen LogP contribution in [0.15, 0.2) is 12.4 Å². The van der Waals surface area contributed by atoms with E-state index < -0.39 is 5.97 Å². The third kappa shape index (κ3) is 5.17. The molecule has 0 aliphatic carbocycles. The number of anilines is 1. The van der Waals surface area contributed by atoms with Crippen LogP contribution in [0.5, 0.6) is 0 Å². The monoisotopic (exact) mass is 321 g/mol. The zero-order valence-corrected chi connectivity index (χ0v) is 13.7. The van der Waals surface area contributed by atoms with E-state index in [4.69, 9.17) is 5.11 Å². The molecule has 0 atom stereocenters. The Morgan fingerprint density at radius 1 is 1.17 bits per heavy atom. The number of nitrogens with one attached hydrogen (secondary N) is 1. The summed E-state index contributed by atoms with van der Waals surface area (Å²) in [6.45, 7) is 9.22. The quantitative estimate of drug-likeness (QED) is 0.818. The molecule has 2 N–H and O–H groups in total. The molecule has 1 amide bonds. The number of aromatic carboxylic acids is 1. The maximum atomic E-state index is 11.9. The lowest BCUT2D eigenvalue weighted by molar-refractivity contribution is -0.123. The lowest BCUT2D eigenvalue weighted by atomic mass is 10.1. The SMILES string of the molecule is CC(C)(C)NC(=O)CN1CCN(c2cnc(C(=O)O)cn2)CC1.